The predicted molar refractivity (Wildman–Crippen MR) is 99.3 cm³/mol. The lowest BCUT2D eigenvalue weighted by atomic mass is 10.2. The number of hydrogen-bond donors (Lipinski definition) is 3. The molecule has 0 bridgehead atoms. The van der Waals surface area contributed by atoms with Crippen molar-refractivity contribution in [3.8, 4) is 0 Å². The van der Waals surface area contributed by atoms with E-state index in [1.54, 1.807) is 18.7 Å². The fourth-order valence-corrected chi connectivity index (χ4v) is 2.56. The molecule has 0 aromatic rings. The van der Waals surface area contributed by atoms with Gasteiger partial charge in [-0.2, -0.15) is 0 Å². The van der Waals surface area contributed by atoms with Crippen molar-refractivity contribution in [2.24, 2.45) is 0 Å². The summed E-state index contributed by atoms with van der Waals surface area (Å²) in [5, 5.41) is 8.00. The number of nitrogens with zero attached hydrogens (tertiary/aromatic N) is 1. The van der Waals surface area contributed by atoms with E-state index in [0.29, 0.717) is 43.7 Å². The molecular weight excluding hydrogens is 368 g/mol. The molecule has 10 heteroatoms. The number of rotatable bonds is 9. The Bertz CT molecular complexity index is 688. The number of nitrogens with one attached hydrogen (secondary N) is 3. The second-order valence-corrected chi connectivity index (χ2v) is 6.53. The quantitative estimate of drug-likeness (QED) is 0.288. The zero-order chi connectivity index (χ0) is 20.5. The van der Waals surface area contributed by atoms with Crippen LogP contribution in [0, 0.1) is 0 Å². The van der Waals surface area contributed by atoms with Crippen LogP contribution >= 0.6 is 0 Å². The first-order valence-electron chi connectivity index (χ1n) is 9.13. The van der Waals surface area contributed by atoms with Gasteiger partial charge in [0.05, 0.1) is 19.2 Å². The first kappa shape index (κ1) is 21.3. The molecule has 4 amide bonds. The Labute approximate surface area is 163 Å². The molecule has 0 saturated carbocycles. The minimum absolute atomic E-state index is 0.0480. The van der Waals surface area contributed by atoms with E-state index in [0.717, 1.165) is 0 Å². The van der Waals surface area contributed by atoms with Gasteiger partial charge in [-0.3, -0.25) is 0 Å². The Morgan fingerprint density at radius 2 is 1.71 bits per heavy atom. The summed E-state index contributed by atoms with van der Waals surface area (Å²) >= 11 is 0. The molecule has 0 radical (unpaired) electrons. The molecule has 2 fully saturated rings. The Morgan fingerprint density at radius 3 is 2.25 bits per heavy atom. The summed E-state index contributed by atoms with van der Waals surface area (Å²) in [5.41, 5.74) is 0.673. The molecule has 2 heterocycles. The van der Waals surface area contributed by atoms with Gasteiger partial charge in [0.15, 0.2) is 0 Å². The van der Waals surface area contributed by atoms with Crippen molar-refractivity contribution in [1.82, 2.24) is 20.9 Å². The zero-order valence-corrected chi connectivity index (χ0v) is 16.1. The van der Waals surface area contributed by atoms with E-state index in [9.17, 15) is 19.2 Å². The van der Waals surface area contributed by atoms with E-state index in [-0.39, 0.29) is 31.3 Å². The highest BCUT2D eigenvalue weighted by atomic mass is 16.5. The van der Waals surface area contributed by atoms with Crippen molar-refractivity contribution in [3.63, 3.8) is 0 Å². The Hall–Kier alpha value is -3.04. The van der Waals surface area contributed by atoms with E-state index in [1.807, 2.05) is 0 Å². The summed E-state index contributed by atoms with van der Waals surface area (Å²) in [5.74, 6) is -1.00. The van der Waals surface area contributed by atoms with E-state index in [2.05, 4.69) is 16.0 Å². The highest BCUT2D eigenvalue weighted by Gasteiger charge is 2.20. The monoisotopic (exact) mass is 394 g/mol. The smallest absolute Gasteiger partial charge is 0.333 e. The maximum Gasteiger partial charge on any atom is 0.333 e. The molecule has 0 aromatic heterocycles. The van der Waals surface area contributed by atoms with Crippen LogP contribution in [0.5, 0.6) is 0 Å². The molecule has 2 rings (SSSR count). The van der Waals surface area contributed by atoms with Gasteiger partial charge in [0.25, 0.3) is 0 Å². The highest BCUT2D eigenvalue weighted by Crippen LogP contribution is 2.05. The largest absolute Gasteiger partial charge is 0.462 e. The molecule has 10 nitrogen and oxygen atoms in total. The van der Waals surface area contributed by atoms with Gasteiger partial charge in [-0.05, 0) is 13.8 Å². The van der Waals surface area contributed by atoms with Crippen LogP contribution in [0.4, 0.5) is 9.59 Å². The lowest BCUT2D eigenvalue weighted by Gasteiger charge is -2.13. The SMILES string of the molecule is C/C(=C\C=C(/C)C(=O)OCCN1CCNC1=O)C(=O)OCCC1CNC(=O)N1. The fraction of sp³-hybridized carbons (Fsp3) is 0.556. The van der Waals surface area contributed by atoms with Crippen molar-refractivity contribution >= 4 is 24.0 Å². The predicted octanol–water partition coefficient (Wildman–Crippen LogP) is 0.0621. The molecule has 3 N–H and O–H groups in total. The lowest BCUT2D eigenvalue weighted by molar-refractivity contribution is -0.140. The molecule has 1 atom stereocenters. The van der Waals surface area contributed by atoms with E-state index >= 15 is 0 Å². The average molecular weight is 394 g/mol. The fourth-order valence-electron chi connectivity index (χ4n) is 2.56. The van der Waals surface area contributed by atoms with Gasteiger partial charge in [0.2, 0.25) is 0 Å². The van der Waals surface area contributed by atoms with Crippen molar-refractivity contribution in [2.45, 2.75) is 26.3 Å². The Kier molecular flexibility index (Phi) is 7.85. The number of esters is 2. The summed E-state index contributed by atoms with van der Waals surface area (Å²) in [6, 6.07) is -0.427. The number of hydrogen-bond acceptors (Lipinski definition) is 6. The second-order valence-electron chi connectivity index (χ2n) is 6.53. The lowest BCUT2D eigenvalue weighted by Crippen LogP contribution is -2.31. The van der Waals surface area contributed by atoms with Crippen LogP contribution in [-0.4, -0.2) is 74.3 Å². The van der Waals surface area contributed by atoms with Crippen LogP contribution in [0.1, 0.15) is 20.3 Å². The number of urea groups is 2. The number of ether oxygens (including phenoxy) is 2. The van der Waals surface area contributed by atoms with Gasteiger partial charge in [-0.1, -0.05) is 12.2 Å². The molecule has 0 aromatic carbocycles. The van der Waals surface area contributed by atoms with Crippen LogP contribution in [-0.2, 0) is 19.1 Å². The first-order chi connectivity index (χ1) is 13.4. The number of amides is 4. The molecular formula is C18H26N4O6. The molecule has 0 spiro atoms. The van der Waals surface area contributed by atoms with Gasteiger partial charge in [0.1, 0.15) is 6.61 Å². The number of carbonyl (C=O) groups excluding carboxylic acids is 4. The van der Waals surface area contributed by atoms with Crippen molar-refractivity contribution < 1.29 is 28.7 Å². The van der Waals surface area contributed by atoms with Gasteiger partial charge in [-0.25, -0.2) is 19.2 Å². The van der Waals surface area contributed by atoms with Crippen LogP contribution in [0.2, 0.25) is 0 Å². The first-order valence-corrected chi connectivity index (χ1v) is 9.13. The molecule has 2 aliphatic rings. The van der Waals surface area contributed by atoms with E-state index in [4.69, 9.17) is 9.47 Å². The third kappa shape index (κ3) is 6.60. The maximum atomic E-state index is 11.9. The minimum Gasteiger partial charge on any atom is -0.462 e. The average Bonchev–Trinajstić information content (AvgIpc) is 3.27. The van der Waals surface area contributed by atoms with E-state index < -0.39 is 11.9 Å². The van der Waals surface area contributed by atoms with Crippen molar-refractivity contribution in [2.75, 3.05) is 39.4 Å². The van der Waals surface area contributed by atoms with Crippen LogP contribution in [0.3, 0.4) is 0 Å². The van der Waals surface area contributed by atoms with Gasteiger partial charge >= 0.3 is 24.0 Å². The number of carbonyl (C=O) groups is 4. The highest BCUT2D eigenvalue weighted by molar-refractivity contribution is 5.90. The Morgan fingerprint density at radius 1 is 1.07 bits per heavy atom. The molecule has 28 heavy (non-hydrogen) atoms. The summed E-state index contributed by atoms with van der Waals surface area (Å²) in [4.78, 5) is 47.8. The van der Waals surface area contributed by atoms with Crippen LogP contribution < -0.4 is 16.0 Å². The summed E-state index contributed by atoms with van der Waals surface area (Å²) in [7, 11) is 0. The molecule has 0 aliphatic carbocycles. The maximum absolute atomic E-state index is 11.9. The van der Waals surface area contributed by atoms with E-state index in [1.165, 1.54) is 12.2 Å². The van der Waals surface area contributed by atoms with Gasteiger partial charge < -0.3 is 30.3 Å². The second kappa shape index (κ2) is 10.3. The zero-order valence-electron chi connectivity index (χ0n) is 16.1. The third-order valence-corrected chi connectivity index (χ3v) is 4.31. The summed E-state index contributed by atoms with van der Waals surface area (Å²) in [6.07, 6.45) is 3.50. The van der Waals surface area contributed by atoms with Gasteiger partial charge in [-0.15, -0.1) is 0 Å². The third-order valence-electron chi connectivity index (χ3n) is 4.31. The van der Waals surface area contributed by atoms with Crippen LogP contribution in [0.25, 0.3) is 0 Å². The number of allylic oxidation sites excluding steroid dienone is 2. The Balaban J connectivity index is 1.68. The van der Waals surface area contributed by atoms with Crippen molar-refractivity contribution in [3.05, 3.63) is 23.3 Å². The molecule has 154 valence electrons. The minimum atomic E-state index is -0.513. The molecule has 2 aliphatic heterocycles. The normalized spacial score (nSPS) is 19.8. The van der Waals surface area contributed by atoms with Crippen LogP contribution in [0.15, 0.2) is 23.3 Å². The molecule has 1 unspecified atom stereocenters. The summed E-state index contributed by atoms with van der Waals surface area (Å²) < 4.78 is 10.3. The standard InChI is InChI=1S/C18H26N4O6/c1-12(15(23)27-9-5-14-11-20-17(25)21-14)3-4-13(2)16(24)28-10-8-22-7-6-19-18(22)26/h3-4,14H,5-11H2,1-2H3,(H,19,26)(H2,20,21,25)/b12-3+,13-4+. The molecule has 2 saturated heterocycles. The van der Waals surface area contributed by atoms with Gasteiger partial charge in [0, 0.05) is 37.2 Å². The topological polar surface area (TPSA) is 126 Å². The van der Waals surface area contributed by atoms with Crippen molar-refractivity contribution in [1.29, 1.82) is 0 Å². The summed E-state index contributed by atoms with van der Waals surface area (Å²) in [6.45, 7) is 5.50.